The second-order valence-electron chi connectivity index (χ2n) is 7.83. The molecule has 4 amide bonds. The zero-order chi connectivity index (χ0) is 23.0. The molecule has 0 radical (unpaired) electrons. The Kier molecular flexibility index (Phi) is 8.81. The lowest BCUT2D eigenvalue weighted by atomic mass is 10.0. The molecule has 3 N–H and O–H groups in total. The van der Waals surface area contributed by atoms with Crippen LogP contribution < -0.4 is 10.8 Å². The van der Waals surface area contributed by atoms with E-state index in [4.69, 9.17) is 0 Å². The van der Waals surface area contributed by atoms with Gasteiger partial charge >= 0.3 is 6.03 Å². The molecular weight excluding hydrogens is 424 g/mol. The molecule has 11 heteroatoms. The van der Waals surface area contributed by atoms with E-state index in [2.05, 4.69) is 5.32 Å². The van der Waals surface area contributed by atoms with E-state index in [1.54, 1.807) is 0 Å². The van der Waals surface area contributed by atoms with Gasteiger partial charge in [0.25, 0.3) is 15.9 Å². The van der Waals surface area contributed by atoms with Gasteiger partial charge in [-0.05, 0) is 37.2 Å². The second-order valence-corrected chi connectivity index (χ2v) is 9.75. The van der Waals surface area contributed by atoms with Gasteiger partial charge < -0.3 is 5.32 Å². The molecule has 1 aliphatic rings. The van der Waals surface area contributed by atoms with Crippen LogP contribution in [0.25, 0.3) is 0 Å². The van der Waals surface area contributed by atoms with Crippen LogP contribution in [0.1, 0.15) is 45.1 Å². The van der Waals surface area contributed by atoms with Crippen molar-refractivity contribution in [1.82, 2.24) is 20.2 Å². The molecule has 1 atom stereocenters. The quantitative estimate of drug-likeness (QED) is 0.361. The number of hydrogen-bond donors (Lipinski definition) is 3. The first-order chi connectivity index (χ1) is 14.7. The van der Waals surface area contributed by atoms with Gasteiger partial charge in [-0.15, -0.1) is 4.41 Å². The summed E-state index contributed by atoms with van der Waals surface area (Å²) in [6.07, 6.45) is 1.44. The Morgan fingerprint density at radius 3 is 2.48 bits per heavy atom. The third kappa shape index (κ3) is 6.66. The minimum Gasteiger partial charge on any atom is -0.335 e. The predicted octanol–water partition coefficient (Wildman–Crippen LogP) is 1.42. The molecule has 1 fully saturated rings. The van der Waals surface area contributed by atoms with Crippen molar-refractivity contribution in [3.8, 4) is 0 Å². The highest BCUT2D eigenvalue weighted by Gasteiger charge is 2.44. The average molecular weight is 455 g/mol. The van der Waals surface area contributed by atoms with Gasteiger partial charge in [-0.1, -0.05) is 44.2 Å². The Morgan fingerprint density at radius 2 is 1.90 bits per heavy atom. The van der Waals surface area contributed by atoms with Gasteiger partial charge in [0.1, 0.15) is 6.04 Å². The maximum Gasteiger partial charge on any atom is 0.350 e. The molecule has 0 aromatic heterocycles. The largest absolute Gasteiger partial charge is 0.350 e. The highest BCUT2D eigenvalue weighted by Crippen LogP contribution is 2.21. The summed E-state index contributed by atoms with van der Waals surface area (Å²) in [5.41, 5.74) is 2.52. The van der Waals surface area contributed by atoms with E-state index in [0.717, 1.165) is 5.56 Å². The lowest BCUT2D eigenvalue weighted by Crippen LogP contribution is -2.65. The van der Waals surface area contributed by atoms with Gasteiger partial charge in [-0.25, -0.2) is 23.7 Å². The smallest absolute Gasteiger partial charge is 0.335 e. The molecule has 1 aromatic carbocycles. The van der Waals surface area contributed by atoms with Crippen LogP contribution in [0.15, 0.2) is 30.3 Å². The van der Waals surface area contributed by atoms with Crippen molar-refractivity contribution < 1.29 is 28.0 Å². The Balaban J connectivity index is 2.34. The number of rotatable bonds is 10. The van der Waals surface area contributed by atoms with Crippen molar-refractivity contribution in [1.29, 1.82) is 0 Å². The Labute approximate surface area is 182 Å². The number of carbonyl (C=O) groups excluding carboxylic acids is 3. The summed E-state index contributed by atoms with van der Waals surface area (Å²) in [5.74, 6) is -1.88. The SMILES string of the molecule is CC(C)CCC(=O)N([C@@H](CCCc1ccccc1)C(=O)NO)N1C(=O)NCCS1(=O)=O. The first kappa shape index (κ1) is 24.6. The van der Waals surface area contributed by atoms with Crippen LogP contribution in [0.2, 0.25) is 0 Å². The first-order valence-corrected chi connectivity index (χ1v) is 11.9. The van der Waals surface area contributed by atoms with Crippen LogP contribution in [-0.4, -0.2) is 59.2 Å². The molecule has 1 aromatic rings. The Morgan fingerprint density at radius 1 is 1.23 bits per heavy atom. The number of hydrogen-bond acceptors (Lipinski definition) is 6. The number of nitrogens with one attached hydrogen (secondary N) is 2. The van der Waals surface area contributed by atoms with Crippen molar-refractivity contribution in [2.24, 2.45) is 5.92 Å². The summed E-state index contributed by atoms with van der Waals surface area (Å²) in [6, 6.07) is 7.08. The predicted molar refractivity (Wildman–Crippen MR) is 113 cm³/mol. The number of amides is 4. The summed E-state index contributed by atoms with van der Waals surface area (Å²) in [7, 11) is -4.15. The minimum atomic E-state index is -4.15. The normalized spacial score (nSPS) is 16.5. The van der Waals surface area contributed by atoms with Crippen LogP contribution in [0, 0.1) is 5.92 Å². The van der Waals surface area contributed by atoms with E-state index in [-0.39, 0.29) is 25.3 Å². The molecule has 1 aliphatic heterocycles. The third-order valence-electron chi connectivity index (χ3n) is 4.95. The number of carbonyl (C=O) groups is 3. The van der Waals surface area contributed by atoms with E-state index >= 15 is 0 Å². The number of nitrogens with zero attached hydrogens (tertiary/aromatic N) is 2. The van der Waals surface area contributed by atoms with Crippen LogP contribution in [0.3, 0.4) is 0 Å². The van der Waals surface area contributed by atoms with E-state index in [9.17, 15) is 28.0 Å². The molecule has 172 valence electrons. The zero-order valence-electron chi connectivity index (χ0n) is 17.8. The minimum absolute atomic E-state index is 0.0496. The van der Waals surface area contributed by atoms with Crippen LogP contribution in [-0.2, 0) is 26.0 Å². The molecule has 2 rings (SSSR count). The van der Waals surface area contributed by atoms with E-state index in [1.165, 1.54) is 5.48 Å². The van der Waals surface area contributed by atoms with Crippen LogP contribution in [0.5, 0.6) is 0 Å². The van der Waals surface area contributed by atoms with Crippen molar-refractivity contribution in [3.63, 3.8) is 0 Å². The van der Waals surface area contributed by atoms with Crippen LogP contribution in [0.4, 0.5) is 4.79 Å². The fourth-order valence-corrected chi connectivity index (χ4v) is 4.63. The summed E-state index contributed by atoms with van der Waals surface area (Å²) < 4.78 is 25.7. The molecule has 10 nitrogen and oxygen atoms in total. The number of hydrazine groups is 1. The number of urea groups is 1. The highest BCUT2D eigenvalue weighted by molar-refractivity contribution is 7.89. The molecule has 1 saturated heterocycles. The molecule has 1 heterocycles. The molecule has 31 heavy (non-hydrogen) atoms. The third-order valence-corrected chi connectivity index (χ3v) is 6.54. The lowest BCUT2D eigenvalue weighted by molar-refractivity contribution is -0.153. The maximum absolute atomic E-state index is 13.1. The van der Waals surface area contributed by atoms with Gasteiger partial charge in [-0.2, -0.15) is 0 Å². The number of hydroxylamine groups is 1. The standard InChI is InChI=1S/C20H30N4O6S/c1-15(2)11-12-18(25)23(24-20(27)21-13-14-31(24,29)30)17(19(26)22-28)10-6-9-16-7-4-3-5-8-16/h3-5,7-8,15,17,28H,6,9-14H2,1-2H3,(H,21,27)(H,22,26)/t17-/m0/s1. The van der Waals surface area contributed by atoms with Crippen molar-refractivity contribution in [3.05, 3.63) is 35.9 Å². The van der Waals surface area contributed by atoms with E-state index < -0.39 is 39.7 Å². The van der Waals surface area contributed by atoms with Gasteiger partial charge in [-0.3, -0.25) is 14.8 Å². The lowest BCUT2D eigenvalue weighted by Gasteiger charge is -2.39. The van der Waals surface area contributed by atoms with E-state index in [0.29, 0.717) is 28.7 Å². The van der Waals surface area contributed by atoms with Gasteiger partial charge in [0.15, 0.2) is 0 Å². The van der Waals surface area contributed by atoms with Crippen molar-refractivity contribution >= 4 is 27.9 Å². The Hall–Kier alpha value is -2.66. The van der Waals surface area contributed by atoms with Crippen molar-refractivity contribution in [2.75, 3.05) is 12.3 Å². The fourth-order valence-electron chi connectivity index (χ4n) is 3.31. The maximum atomic E-state index is 13.1. The average Bonchev–Trinajstić information content (AvgIpc) is 2.72. The summed E-state index contributed by atoms with van der Waals surface area (Å²) >= 11 is 0. The zero-order valence-corrected chi connectivity index (χ0v) is 18.6. The molecule has 0 saturated carbocycles. The number of aryl methyl sites for hydroxylation is 1. The number of benzene rings is 1. The van der Waals surface area contributed by atoms with Gasteiger partial charge in [0.2, 0.25) is 5.91 Å². The Bertz CT molecular complexity index is 875. The molecule has 0 spiro atoms. The van der Waals surface area contributed by atoms with Gasteiger partial charge in [0.05, 0.1) is 5.75 Å². The summed E-state index contributed by atoms with van der Waals surface area (Å²) in [5, 5.41) is 12.4. The molecular formula is C20H30N4O6S. The molecule has 0 aliphatic carbocycles. The summed E-state index contributed by atoms with van der Waals surface area (Å²) in [6.45, 7) is 3.72. The fraction of sp³-hybridized carbons (Fsp3) is 0.550. The monoisotopic (exact) mass is 454 g/mol. The van der Waals surface area contributed by atoms with Crippen molar-refractivity contribution in [2.45, 2.75) is 52.0 Å². The van der Waals surface area contributed by atoms with E-state index in [1.807, 2.05) is 44.2 Å². The topological polar surface area (TPSA) is 136 Å². The van der Waals surface area contributed by atoms with Gasteiger partial charge in [0, 0.05) is 13.0 Å². The second kappa shape index (κ2) is 11.1. The number of sulfonamides is 1. The van der Waals surface area contributed by atoms with Crippen LogP contribution >= 0.6 is 0 Å². The highest BCUT2D eigenvalue weighted by atomic mass is 32.2. The molecule has 0 bridgehead atoms. The molecule has 0 unspecified atom stereocenters. The first-order valence-electron chi connectivity index (χ1n) is 10.3. The summed E-state index contributed by atoms with van der Waals surface area (Å²) in [4.78, 5) is 38.0.